The van der Waals surface area contributed by atoms with Gasteiger partial charge in [0.05, 0.1) is 0 Å². The van der Waals surface area contributed by atoms with E-state index in [0.717, 1.165) is 6.42 Å². The number of carboxylic acid groups (broad SMARTS) is 1. The van der Waals surface area contributed by atoms with Crippen LogP contribution in [0.15, 0.2) is 60.8 Å². The van der Waals surface area contributed by atoms with Gasteiger partial charge < -0.3 is 22.3 Å². The molecule has 0 aliphatic rings. The van der Waals surface area contributed by atoms with Crippen molar-refractivity contribution in [2.45, 2.75) is 25.8 Å². The van der Waals surface area contributed by atoms with Gasteiger partial charge in [-0.25, -0.2) is 0 Å². The lowest BCUT2D eigenvalue weighted by atomic mass is 10.1. The maximum absolute atomic E-state index is 10.7. The Morgan fingerprint density at radius 3 is 2.25 bits per heavy atom. The topological polar surface area (TPSA) is 167 Å². The Morgan fingerprint density at radius 2 is 1.66 bits per heavy atom. The first kappa shape index (κ1) is 22.6. The fourth-order valence-electron chi connectivity index (χ4n) is 2.99. The fraction of sp³-hybridized carbons (Fsp3) is 0.174. The minimum Gasteiger partial charge on any atom is -0.480 e. The van der Waals surface area contributed by atoms with Crippen molar-refractivity contribution in [1.82, 2.24) is 19.9 Å². The first-order valence-electron chi connectivity index (χ1n) is 10.0. The van der Waals surface area contributed by atoms with Crippen LogP contribution < -0.4 is 17.2 Å². The van der Waals surface area contributed by atoms with Gasteiger partial charge in [0.1, 0.15) is 6.04 Å². The molecule has 0 bridgehead atoms. The molecular formula is C23H25N7O2. The molecule has 32 heavy (non-hydrogen) atoms. The molecule has 1 unspecified atom stereocenters. The minimum absolute atomic E-state index is 0.0180. The van der Waals surface area contributed by atoms with Gasteiger partial charge in [0.25, 0.3) is 0 Å². The van der Waals surface area contributed by atoms with Crippen molar-refractivity contribution in [1.29, 1.82) is 0 Å². The van der Waals surface area contributed by atoms with Crippen LogP contribution in [0.2, 0.25) is 0 Å². The number of fused-ring (bicyclic) bond motifs is 1. The summed E-state index contributed by atoms with van der Waals surface area (Å²) < 4.78 is 0. The highest BCUT2D eigenvalue weighted by Crippen LogP contribution is 2.16. The second-order valence-corrected chi connectivity index (χ2v) is 7.10. The smallest absolute Gasteiger partial charge is 0.320 e. The Labute approximate surface area is 185 Å². The van der Waals surface area contributed by atoms with Crippen molar-refractivity contribution < 1.29 is 9.90 Å². The van der Waals surface area contributed by atoms with Gasteiger partial charge in [-0.15, -0.1) is 0 Å². The molecule has 0 amide bonds. The maximum atomic E-state index is 10.7. The summed E-state index contributed by atoms with van der Waals surface area (Å²) in [5.74, 6) is -0.737. The van der Waals surface area contributed by atoms with Crippen molar-refractivity contribution in [3.05, 3.63) is 72.1 Å². The number of nitrogens with two attached hydrogens (primary N) is 3. The van der Waals surface area contributed by atoms with Gasteiger partial charge in [0, 0.05) is 23.9 Å². The summed E-state index contributed by atoms with van der Waals surface area (Å²) in [6.07, 6.45) is 2.75. The zero-order valence-electron chi connectivity index (χ0n) is 17.6. The lowest BCUT2D eigenvalue weighted by molar-refractivity contribution is -0.138. The van der Waals surface area contributed by atoms with E-state index in [1.54, 1.807) is 12.1 Å². The van der Waals surface area contributed by atoms with E-state index in [0.29, 0.717) is 17.1 Å². The monoisotopic (exact) mass is 431 g/mol. The molecule has 4 aromatic rings. The molecule has 9 heteroatoms. The van der Waals surface area contributed by atoms with Crippen LogP contribution in [0.4, 0.5) is 11.9 Å². The molecule has 2 heterocycles. The standard InChI is InChI=1S/C12H12.C11H13N7O2/c1-2-10-7-8-11-5-3-4-6-12(11)9-10;12-7(9(19)20)3-6-2-1-5(4-15-6)8-16-10(13)18-11(14)17-8/h3-9H,2H2,1H3;1-2,4,7H,3,12H2,(H,19,20)(H4,13,14,16,17,18). The van der Waals surface area contributed by atoms with Crippen LogP contribution >= 0.6 is 0 Å². The van der Waals surface area contributed by atoms with E-state index in [1.165, 1.54) is 22.5 Å². The number of nitrogen functional groups attached to an aromatic ring is 2. The number of hydrogen-bond donors (Lipinski definition) is 4. The predicted octanol–water partition coefficient (Wildman–Crippen LogP) is 2.45. The maximum Gasteiger partial charge on any atom is 0.320 e. The number of aliphatic carboxylic acids is 1. The number of anilines is 2. The van der Waals surface area contributed by atoms with Crippen LogP contribution in [-0.4, -0.2) is 37.1 Å². The van der Waals surface area contributed by atoms with E-state index in [9.17, 15) is 4.79 Å². The average molecular weight is 432 g/mol. The van der Waals surface area contributed by atoms with Crippen LogP contribution in [-0.2, 0) is 17.6 Å². The van der Waals surface area contributed by atoms with E-state index >= 15 is 0 Å². The van der Waals surface area contributed by atoms with E-state index < -0.39 is 12.0 Å². The first-order valence-corrected chi connectivity index (χ1v) is 10.0. The molecule has 0 saturated heterocycles. The summed E-state index contributed by atoms with van der Waals surface area (Å²) in [4.78, 5) is 26.3. The molecular weight excluding hydrogens is 406 g/mol. The van der Waals surface area contributed by atoms with Gasteiger partial charge >= 0.3 is 5.97 Å². The summed E-state index contributed by atoms with van der Waals surface area (Å²) in [7, 11) is 0. The number of benzene rings is 2. The highest BCUT2D eigenvalue weighted by molar-refractivity contribution is 5.83. The van der Waals surface area contributed by atoms with Crippen molar-refractivity contribution >= 4 is 28.6 Å². The fourth-order valence-corrected chi connectivity index (χ4v) is 2.99. The summed E-state index contributed by atoms with van der Waals surface area (Å²) in [6.45, 7) is 2.18. The average Bonchev–Trinajstić information content (AvgIpc) is 2.79. The van der Waals surface area contributed by atoms with Crippen LogP contribution in [0, 0.1) is 0 Å². The molecule has 9 nitrogen and oxygen atoms in total. The van der Waals surface area contributed by atoms with Crippen molar-refractivity contribution in [3.8, 4) is 11.4 Å². The molecule has 0 saturated carbocycles. The summed E-state index contributed by atoms with van der Waals surface area (Å²) in [6, 6.07) is 17.5. The Balaban J connectivity index is 0.000000204. The van der Waals surface area contributed by atoms with Crippen LogP contribution in [0.25, 0.3) is 22.2 Å². The van der Waals surface area contributed by atoms with Crippen molar-refractivity contribution in [2.24, 2.45) is 5.73 Å². The number of hydrogen-bond acceptors (Lipinski definition) is 8. The molecule has 1 atom stereocenters. The molecule has 4 rings (SSSR count). The van der Waals surface area contributed by atoms with Crippen molar-refractivity contribution in [2.75, 3.05) is 11.5 Å². The Morgan fingerprint density at radius 1 is 0.969 bits per heavy atom. The van der Waals surface area contributed by atoms with Crippen LogP contribution in [0.3, 0.4) is 0 Å². The summed E-state index contributed by atoms with van der Waals surface area (Å²) in [5.41, 5.74) is 19.0. The second kappa shape index (κ2) is 10.3. The minimum atomic E-state index is -1.08. The Kier molecular flexibility index (Phi) is 7.25. The number of carboxylic acids is 1. The van der Waals surface area contributed by atoms with Gasteiger partial charge in [-0.05, 0) is 34.9 Å². The normalized spacial score (nSPS) is 11.4. The molecule has 164 valence electrons. The van der Waals surface area contributed by atoms with Crippen LogP contribution in [0.1, 0.15) is 18.2 Å². The van der Waals surface area contributed by atoms with Gasteiger partial charge in [0.15, 0.2) is 5.82 Å². The van der Waals surface area contributed by atoms with E-state index in [-0.39, 0.29) is 18.3 Å². The third kappa shape index (κ3) is 5.96. The largest absolute Gasteiger partial charge is 0.480 e. The molecule has 7 N–H and O–H groups in total. The predicted molar refractivity (Wildman–Crippen MR) is 125 cm³/mol. The third-order valence-electron chi connectivity index (χ3n) is 4.72. The number of carbonyl (C=O) groups is 1. The van der Waals surface area contributed by atoms with Gasteiger partial charge in [-0.2, -0.15) is 15.0 Å². The Hall–Kier alpha value is -4.11. The number of rotatable bonds is 5. The van der Waals surface area contributed by atoms with Gasteiger partial charge in [0.2, 0.25) is 11.9 Å². The highest BCUT2D eigenvalue weighted by atomic mass is 16.4. The Bertz CT molecular complexity index is 1190. The second-order valence-electron chi connectivity index (χ2n) is 7.10. The molecule has 2 aromatic heterocycles. The zero-order chi connectivity index (χ0) is 23.1. The van der Waals surface area contributed by atoms with E-state index in [1.807, 2.05) is 0 Å². The number of aryl methyl sites for hydroxylation is 1. The van der Waals surface area contributed by atoms with Crippen LogP contribution in [0.5, 0.6) is 0 Å². The number of nitrogens with zero attached hydrogens (tertiary/aromatic N) is 4. The highest BCUT2D eigenvalue weighted by Gasteiger charge is 2.13. The SMILES string of the molecule is CCc1ccc2ccccc2c1.Nc1nc(N)nc(-c2ccc(CC(N)C(=O)O)nc2)n1. The molecule has 0 radical (unpaired) electrons. The van der Waals surface area contributed by atoms with Gasteiger partial charge in [-0.1, -0.05) is 49.4 Å². The van der Waals surface area contributed by atoms with Crippen molar-refractivity contribution in [3.63, 3.8) is 0 Å². The lowest BCUT2D eigenvalue weighted by Crippen LogP contribution is -2.32. The molecule has 0 aliphatic carbocycles. The molecule has 0 fully saturated rings. The van der Waals surface area contributed by atoms with Gasteiger partial charge in [-0.3, -0.25) is 9.78 Å². The van der Waals surface area contributed by atoms with E-state index in [4.69, 9.17) is 22.3 Å². The first-order chi connectivity index (χ1) is 15.4. The zero-order valence-corrected chi connectivity index (χ0v) is 17.6. The third-order valence-corrected chi connectivity index (χ3v) is 4.72. The molecule has 0 spiro atoms. The molecule has 0 aliphatic heterocycles. The number of aromatic nitrogens is 4. The van der Waals surface area contributed by atoms with E-state index in [2.05, 4.69) is 69.3 Å². The lowest BCUT2D eigenvalue weighted by Gasteiger charge is -2.06. The molecule has 2 aromatic carbocycles. The summed E-state index contributed by atoms with van der Waals surface area (Å²) >= 11 is 0. The summed E-state index contributed by atoms with van der Waals surface area (Å²) in [5, 5.41) is 11.4. The number of pyridine rings is 1. The quantitative estimate of drug-likeness (QED) is 0.371.